The number of hydrogen-bond donors (Lipinski definition) is 3. The molecule has 0 saturated carbocycles. The molecule has 1 rings (SSSR count). The maximum absolute atomic E-state index is 11.0. The van der Waals surface area contributed by atoms with Crippen molar-refractivity contribution in [1.82, 2.24) is 9.97 Å². The normalized spacial score (nSPS) is 10.1. The van der Waals surface area contributed by atoms with Crippen molar-refractivity contribution in [3.63, 3.8) is 0 Å². The summed E-state index contributed by atoms with van der Waals surface area (Å²) in [6, 6.07) is 1.45. The van der Waals surface area contributed by atoms with Crippen molar-refractivity contribution >= 4 is 35.2 Å². The fourth-order valence-corrected chi connectivity index (χ4v) is 1.66. The molecule has 0 atom stereocenters. The van der Waals surface area contributed by atoms with Crippen molar-refractivity contribution in [3.8, 4) is 0 Å². The molecule has 0 fully saturated rings. The van der Waals surface area contributed by atoms with Gasteiger partial charge in [0, 0.05) is 6.07 Å². The average Bonchev–Trinajstić information content (AvgIpc) is 2.26. The van der Waals surface area contributed by atoms with Crippen LogP contribution in [0.5, 0.6) is 0 Å². The highest BCUT2D eigenvalue weighted by Crippen LogP contribution is 2.18. The van der Waals surface area contributed by atoms with Crippen molar-refractivity contribution in [3.05, 3.63) is 6.07 Å². The molecule has 0 aliphatic heterocycles. The third-order valence-corrected chi connectivity index (χ3v) is 2.46. The summed E-state index contributed by atoms with van der Waals surface area (Å²) in [5, 5.41) is 0.434. The van der Waals surface area contributed by atoms with Gasteiger partial charge in [-0.1, -0.05) is 11.8 Å². The minimum Gasteiger partial charge on any atom is -0.383 e. The zero-order chi connectivity index (χ0) is 13.7. The predicted octanol–water partition coefficient (Wildman–Crippen LogP) is -1.44. The number of anilines is 2. The van der Waals surface area contributed by atoms with Crippen molar-refractivity contribution in [2.24, 2.45) is 11.5 Å². The van der Waals surface area contributed by atoms with Crippen molar-refractivity contribution < 1.29 is 9.59 Å². The first-order valence-electron chi connectivity index (χ1n) is 4.92. The van der Waals surface area contributed by atoms with Gasteiger partial charge in [0.2, 0.25) is 11.8 Å². The second kappa shape index (κ2) is 6.05. The summed E-state index contributed by atoms with van der Waals surface area (Å²) in [5.74, 6) is -0.619. The summed E-state index contributed by atoms with van der Waals surface area (Å²) in [6.45, 7) is -0.347. The van der Waals surface area contributed by atoms with Crippen LogP contribution in [0.1, 0.15) is 0 Å². The van der Waals surface area contributed by atoms with Crippen LogP contribution >= 0.6 is 11.8 Å². The van der Waals surface area contributed by atoms with E-state index in [0.29, 0.717) is 11.0 Å². The number of carbonyl (C=O) groups excluding carboxylic acids is 2. The molecule has 98 valence electrons. The van der Waals surface area contributed by atoms with Crippen LogP contribution < -0.4 is 22.1 Å². The Morgan fingerprint density at radius 3 is 2.28 bits per heavy atom. The molecule has 18 heavy (non-hydrogen) atoms. The third-order valence-electron chi connectivity index (χ3n) is 1.91. The number of aromatic nitrogens is 2. The van der Waals surface area contributed by atoms with Gasteiger partial charge in [0.05, 0.1) is 13.1 Å². The lowest BCUT2D eigenvalue weighted by Gasteiger charge is -2.20. The van der Waals surface area contributed by atoms with Crippen molar-refractivity contribution in [1.29, 1.82) is 0 Å². The van der Waals surface area contributed by atoms with Crippen molar-refractivity contribution in [2.45, 2.75) is 5.16 Å². The molecule has 1 aromatic rings. The molecule has 9 heteroatoms. The zero-order valence-corrected chi connectivity index (χ0v) is 10.6. The molecule has 8 nitrogen and oxygen atoms in total. The maximum Gasteiger partial charge on any atom is 0.237 e. The molecular formula is C9H14N6O2S. The predicted molar refractivity (Wildman–Crippen MR) is 68.8 cm³/mol. The number of thioether (sulfide) groups is 1. The number of rotatable bonds is 6. The van der Waals surface area contributed by atoms with Crippen LogP contribution in [0.2, 0.25) is 0 Å². The van der Waals surface area contributed by atoms with E-state index in [1.165, 1.54) is 22.7 Å². The molecule has 6 N–H and O–H groups in total. The van der Waals surface area contributed by atoms with E-state index in [0.717, 1.165) is 0 Å². The van der Waals surface area contributed by atoms with Gasteiger partial charge in [0.1, 0.15) is 11.6 Å². The van der Waals surface area contributed by atoms with Crippen LogP contribution in [0.3, 0.4) is 0 Å². The van der Waals surface area contributed by atoms with E-state index in [9.17, 15) is 9.59 Å². The molecule has 0 aromatic carbocycles. The SMILES string of the molecule is CSc1nc(N)cc(N(CC(N)=O)CC(N)=O)n1. The highest BCUT2D eigenvalue weighted by molar-refractivity contribution is 7.98. The van der Waals surface area contributed by atoms with Gasteiger partial charge in [-0.15, -0.1) is 0 Å². The number of nitrogens with two attached hydrogens (primary N) is 3. The highest BCUT2D eigenvalue weighted by Gasteiger charge is 2.15. The summed E-state index contributed by atoms with van der Waals surface area (Å²) in [6.07, 6.45) is 1.78. The van der Waals surface area contributed by atoms with Gasteiger partial charge in [-0.25, -0.2) is 9.97 Å². The molecule has 2 amide bonds. The van der Waals surface area contributed by atoms with E-state index in [1.54, 1.807) is 6.26 Å². The van der Waals surface area contributed by atoms with E-state index in [2.05, 4.69) is 9.97 Å². The molecule has 1 heterocycles. The first kappa shape index (κ1) is 14.0. The van der Waals surface area contributed by atoms with Crippen LogP contribution in [0.25, 0.3) is 0 Å². The molecule has 0 spiro atoms. The highest BCUT2D eigenvalue weighted by atomic mass is 32.2. The number of nitrogen functional groups attached to an aromatic ring is 1. The van der Waals surface area contributed by atoms with Crippen LogP contribution in [-0.4, -0.2) is 41.1 Å². The van der Waals surface area contributed by atoms with Crippen LogP contribution in [0.15, 0.2) is 11.2 Å². The maximum atomic E-state index is 11.0. The molecule has 0 aliphatic carbocycles. The molecule has 0 aliphatic rings. The van der Waals surface area contributed by atoms with E-state index in [4.69, 9.17) is 17.2 Å². The standard InChI is InChI=1S/C9H14N6O2S/c1-18-9-13-5(10)2-8(14-9)15(3-6(11)16)4-7(12)17/h2H,3-4H2,1H3,(H2,11,16)(H2,12,17)(H2,10,13,14). The Labute approximate surface area is 108 Å². The fraction of sp³-hybridized carbons (Fsp3) is 0.333. The third kappa shape index (κ3) is 4.09. The van der Waals surface area contributed by atoms with Crippen molar-refractivity contribution in [2.75, 3.05) is 30.0 Å². The summed E-state index contributed by atoms with van der Waals surface area (Å²) >= 11 is 1.29. The van der Waals surface area contributed by atoms with E-state index in [1.807, 2.05) is 0 Å². The summed E-state index contributed by atoms with van der Waals surface area (Å²) in [5.41, 5.74) is 15.8. The first-order chi connectivity index (χ1) is 8.42. The molecule has 0 bridgehead atoms. The number of carbonyl (C=O) groups is 2. The Morgan fingerprint density at radius 2 is 1.83 bits per heavy atom. The smallest absolute Gasteiger partial charge is 0.237 e. The molecule has 0 radical (unpaired) electrons. The average molecular weight is 270 g/mol. The first-order valence-corrected chi connectivity index (χ1v) is 6.15. The molecular weight excluding hydrogens is 256 g/mol. The van der Waals surface area contributed by atoms with Gasteiger partial charge in [-0.05, 0) is 6.26 Å². The van der Waals surface area contributed by atoms with Gasteiger partial charge < -0.3 is 22.1 Å². The van der Waals surface area contributed by atoms with E-state index < -0.39 is 11.8 Å². The Kier molecular flexibility index (Phi) is 4.72. The van der Waals surface area contributed by atoms with Gasteiger partial charge in [0.15, 0.2) is 5.16 Å². The van der Waals surface area contributed by atoms with Gasteiger partial charge >= 0.3 is 0 Å². The Balaban J connectivity index is 3.06. The van der Waals surface area contributed by atoms with E-state index in [-0.39, 0.29) is 18.9 Å². The Morgan fingerprint density at radius 1 is 1.28 bits per heavy atom. The number of hydrogen-bond acceptors (Lipinski definition) is 7. The summed E-state index contributed by atoms with van der Waals surface area (Å²) in [4.78, 5) is 31.4. The lowest BCUT2D eigenvalue weighted by molar-refractivity contribution is -0.117. The largest absolute Gasteiger partial charge is 0.383 e. The number of primary amides is 2. The van der Waals surface area contributed by atoms with Gasteiger partial charge in [-0.3, -0.25) is 9.59 Å². The Bertz CT molecular complexity index is 450. The number of nitrogens with zero attached hydrogens (tertiary/aromatic N) is 3. The monoisotopic (exact) mass is 270 g/mol. The van der Waals surface area contributed by atoms with Crippen LogP contribution in [0.4, 0.5) is 11.6 Å². The summed E-state index contributed by atoms with van der Waals surface area (Å²) < 4.78 is 0. The summed E-state index contributed by atoms with van der Waals surface area (Å²) in [7, 11) is 0. The topological polar surface area (TPSA) is 141 Å². The second-order valence-corrected chi connectivity index (χ2v) is 4.20. The lowest BCUT2D eigenvalue weighted by Crippen LogP contribution is -2.40. The molecule has 1 aromatic heterocycles. The Hall–Kier alpha value is -2.03. The zero-order valence-electron chi connectivity index (χ0n) is 9.79. The van der Waals surface area contributed by atoms with Crippen LogP contribution in [-0.2, 0) is 9.59 Å². The number of amides is 2. The molecule has 0 unspecified atom stereocenters. The van der Waals surface area contributed by atoms with Gasteiger partial charge in [0.25, 0.3) is 0 Å². The fourth-order valence-electron chi connectivity index (χ4n) is 1.28. The van der Waals surface area contributed by atoms with Gasteiger partial charge in [-0.2, -0.15) is 0 Å². The minimum absolute atomic E-state index is 0.173. The minimum atomic E-state index is -0.598. The van der Waals surface area contributed by atoms with Crippen LogP contribution in [0, 0.1) is 0 Å². The quantitative estimate of drug-likeness (QED) is 0.424. The van der Waals surface area contributed by atoms with E-state index >= 15 is 0 Å². The lowest BCUT2D eigenvalue weighted by atomic mass is 10.4. The molecule has 0 saturated heterocycles. The second-order valence-electron chi connectivity index (χ2n) is 3.43.